The first-order chi connectivity index (χ1) is 5.77. The third-order valence-electron chi connectivity index (χ3n) is 1.69. The van der Waals surface area contributed by atoms with Crippen molar-refractivity contribution in [1.29, 1.82) is 0 Å². The van der Waals surface area contributed by atoms with Gasteiger partial charge in [-0.15, -0.1) is 0 Å². The molecule has 0 unspecified atom stereocenters. The number of hydrogen-bond acceptors (Lipinski definition) is 1. The lowest BCUT2D eigenvalue weighted by Gasteiger charge is -2.03. The van der Waals surface area contributed by atoms with Crippen molar-refractivity contribution in [2.24, 2.45) is 0 Å². The summed E-state index contributed by atoms with van der Waals surface area (Å²) in [7, 11) is 1.65. The second-order valence-corrected chi connectivity index (χ2v) is 2.46. The lowest BCUT2D eigenvalue weighted by molar-refractivity contribution is 0.414. The quantitative estimate of drug-likeness (QED) is 0.618. The van der Waals surface area contributed by atoms with Gasteiger partial charge in [0.25, 0.3) is 0 Å². The average molecular weight is 160 g/mol. The van der Waals surface area contributed by atoms with Crippen molar-refractivity contribution in [3.63, 3.8) is 0 Å². The standard InChI is InChI=1S/C11H12O/c1-4-9(2)10-6-5-7-11(8-10)12-3/h4-8H,1-2H2,3H3. The summed E-state index contributed by atoms with van der Waals surface area (Å²) in [5.41, 5.74) is 1.96. The van der Waals surface area contributed by atoms with E-state index in [1.165, 1.54) is 0 Å². The van der Waals surface area contributed by atoms with E-state index >= 15 is 0 Å². The Morgan fingerprint density at radius 1 is 1.50 bits per heavy atom. The molecule has 62 valence electrons. The van der Waals surface area contributed by atoms with Crippen LogP contribution in [0.4, 0.5) is 0 Å². The maximum atomic E-state index is 5.07. The molecule has 0 bridgehead atoms. The molecule has 12 heavy (non-hydrogen) atoms. The molecule has 0 N–H and O–H groups in total. The van der Waals surface area contributed by atoms with Crippen LogP contribution in [0.1, 0.15) is 5.56 Å². The zero-order valence-corrected chi connectivity index (χ0v) is 7.21. The Morgan fingerprint density at radius 3 is 2.83 bits per heavy atom. The van der Waals surface area contributed by atoms with Gasteiger partial charge in [-0.3, -0.25) is 0 Å². The van der Waals surface area contributed by atoms with E-state index in [1.54, 1.807) is 13.2 Å². The highest BCUT2D eigenvalue weighted by Crippen LogP contribution is 2.18. The lowest BCUT2D eigenvalue weighted by Crippen LogP contribution is -1.84. The fourth-order valence-electron chi connectivity index (χ4n) is 0.941. The Kier molecular flexibility index (Phi) is 2.70. The molecule has 0 radical (unpaired) electrons. The Bertz CT molecular complexity index is 300. The maximum absolute atomic E-state index is 5.07. The van der Waals surface area contributed by atoms with E-state index < -0.39 is 0 Å². The van der Waals surface area contributed by atoms with Crippen LogP contribution >= 0.6 is 0 Å². The Hall–Kier alpha value is -1.50. The van der Waals surface area contributed by atoms with Gasteiger partial charge in [0.05, 0.1) is 7.11 Å². The molecule has 1 nitrogen and oxygen atoms in total. The van der Waals surface area contributed by atoms with Crippen LogP contribution in [0.15, 0.2) is 43.5 Å². The van der Waals surface area contributed by atoms with Crippen LogP contribution in [-0.4, -0.2) is 7.11 Å². The molecule has 1 aromatic rings. The lowest BCUT2D eigenvalue weighted by atomic mass is 10.1. The smallest absolute Gasteiger partial charge is 0.119 e. The molecule has 0 heterocycles. The van der Waals surface area contributed by atoms with Crippen molar-refractivity contribution < 1.29 is 4.74 Å². The molecule has 0 fully saturated rings. The summed E-state index contributed by atoms with van der Waals surface area (Å²) in [4.78, 5) is 0. The number of allylic oxidation sites excluding steroid dienone is 2. The Morgan fingerprint density at radius 2 is 2.25 bits per heavy atom. The van der Waals surface area contributed by atoms with Gasteiger partial charge >= 0.3 is 0 Å². The van der Waals surface area contributed by atoms with Gasteiger partial charge in [0.1, 0.15) is 5.75 Å². The van der Waals surface area contributed by atoms with Crippen LogP contribution in [0.25, 0.3) is 5.57 Å². The van der Waals surface area contributed by atoms with Gasteiger partial charge < -0.3 is 4.74 Å². The van der Waals surface area contributed by atoms with Crippen LogP contribution in [0, 0.1) is 0 Å². The molecular weight excluding hydrogens is 148 g/mol. The van der Waals surface area contributed by atoms with Gasteiger partial charge in [-0.05, 0) is 23.3 Å². The molecule has 0 atom stereocenters. The number of benzene rings is 1. The largest absolute Gasteiger partial charge is 0.497 e. The van der Waals surface area contributed by atoms with Crippen molar-refractivity contribution in [3.8, 4) is 5.75 Å². The van der Waals surface area contributed by atoms with Gasteiger partial charge in [0, 0.05) is 0 Å². The first-order valence-corrected chi connectivity index (χ1v) is 3.73. The van der Waals surface area contributed by atoms with Crippen molar-refractivity contribution in [2.75, 3.05) is 7.11 Å². The molecule has 0 spiro atoms. The minimum atomic E-state index is 0.843. The second-order valence-electron chi connectivity index (χ2n) is 2.46. The topological polar surface area (TPSA) is 9.23 Å². The summed E-state index contributed by atoms with van der Waals surface area (Å²) < 4.78 is 5.07. The van der Waals surface area contributed by atoms with Crippen LogP contribution in [-0.2, 0) is 0 Å². The third kappa shape index (κ3) is 1.76. The molecule has 1 rings (SSSR count). The van der Waals surface area contributed by atoms with E-state index in [9.17, 15) is 0 Å². The zero-order chi connectivity index (χ0) is 8.97. The summed E-state index contributed by atoms with van der Waals surface area (Å²) >= 11 is 0. The van der Waals surface area contributed by atoms with E-state index in [4.69, 9.17) is 4.74 Å². The minimum absolute atomic E-state index is 0.843. The fraction of sp³-hybridized carbons (Fsp3) is 0.0909. The summed E-state index contributed by atoms with van der Waals surface area (Å²) in [5, 5.41) is 0. The Balaban J connectivity index is 3.01. The van der Waals surface area contributed by atoms with E-state index in [0.717, 1.165) is 16.9 Å². The van der Waals surface area contributed by atoms with E-state index in [2.05, 4.69) is 13.2 Å². The normalized spacial score (nSPS) is 9.08. The highest BCUT2D eigenvalue weighted by Gasteiger charge is 1.95. The van der Waals surface area contributed by atoms with Gasteiger partial charge in [-0.25, -0.2) is 0 Å². The summed E-state index contributed by atoms with van der Waals surface area (Å²) in [6, 6.07) is 7.75. The number of methoxy groups -OCH3 is 1. The predicted octanol–water partition coefficient (Wildman–Crippen LogP) is 2.89. The van der Waals surface area contributed by atoms with Gasteiger partial charge in [0.15, 0.2) is 0 Å². The van der Waals surface area contributed by atoms with E-state index in [0.29, 0.717) is 0 Å². The SMILES string of the molecule is C=CC(=C)c1cccc(OC)c1. The molecule has 0 aliphatic heterocycles. The number of rotatable bonds is 3. The number of ether oxygens (including phenoxy) is 1. The van der Waals surface area contributed by atoms with Crippen LogP contribution in [0.2, 0.25) is 0 Å². The molecule has 0 aliphatic rings. The Labute approximate surface area is 73.0 Å². The minimum Gasteiger partial charge on any atom is -0.497 e. The molecule has 1 heteroatoms. The summed E-state index contributed by atoms with van der Waals surface area (Å²) in [6.45, 7) is 7.50. The number of hydrogen-bond donors (Lipinski definition) is 0. The third-order valence-corrected chi connectivity index (χ3v) is 1.69. The molecule has 0 saturated heterocycles. The molecular formula is C11H12O. The molecule has 0 saturated carbocycles. The predicted molar refractivity (Wildman–Crippen MR) is 52.2 cm³/mol. The van der Waals surface area contributed by atoms with E-state index in [1.807, 2.05) is 24.3 Å². The second kappa shape index (κ2) is 3.77. The molecule has 1 aromatic carbocycles. The first-order valence-electron chi connectivity index (χ1n) is 3.73. The molecule has 0 aromatic heterocycles. The van der Waals surface area contributed by atoms with Crippen LogP contribution in [0.5, 0.6) is 5.75 Å². The van der Waals surface area contributed by atoms with Crippen LogP contribution < -0.4 is 4.74 Å². The molecule has 0 amide bonds. The van der Waals surface area contributed by atoms with Gasteiger partial charge in [-0.2, -0.15) is 0 Å². The monoisotopic (exact) mass is 160 g/mol. The van der Waals surface area contributed by atoms with Gasteiger partial charge in [-0.1, -0.05) is 31.4 Å². The van der Waals surface area contributed by atoms with Crippen molar-refractivity contribution in [3.05, 3.63) is 49.1 Å². The van der Waals surface area contributed by atoms with Crippen molar-refractivity contribution in [1.82, 2.24) is 0 Å². The summed E-state index contributed by atoms with van der Waals surface area (Å²) in [6.07, 6.45) is 1.73. The first kappa shape index (κ1) is 8.60. The average Bonchev–Trinajstić information content (AvgIpc) is 2.17. The fourth-order valence-corrected chi connectivity index (χ4v) is 0.941. The van der Waals surface area contributed by atoms with Gasteiger partial charge in [0.2, 0.25) is 0 Å². The highest BCUT2D eigenvalue weighted by molar-refractivity contribution is 5.72. The highest BCUT2D eigenvalue weighted by atomic mass is 16.5. The molecule has 0 aliphatic carbocycles. The zero-order valence-electron chi connectivity index (χ0n) is 7.21. The van der Waals surface area contributed by atoms with Crippen LogP contribution in [0.3, 0.4) is 0 Å². The summed E-state index contributed by atoms with van der Waals surface area (Å²) in [5.74, 6) is 0.843. The van der Waals surface area contributed by atoms with Crippen molar-refractivity contribution >= 4 is 5.57 Å². The van der Waals surface area contributed by atoms with E-state index in [-0.39, 0.29) is 0 Å². The maximum Gasteiger partial charge on any atom is 0.119 e. The van der Waals surface area contributed by atoms with Crippen molar-refractivity contribution in [2.45, 2.75) is 0 Å².